The summed E-state index contributed by atoms with van der Waals surface area (Å²) in [5, 5.41) is 11.8. The molecule has 31 heavy (non-hydrogen) atoms. The summed E-state index contributed by atoms with van der Waals surface area (Å²) in [5.74, 6) is -1.52. The van der Waals surface area contributed by atoms with Gasteiger partial charge in [-0.15, -0.1) is 0 Å². The quantitative estimate of drug-likeness (QED) is 0.583. The first-order chi connectivity index (χ1) is 15.0. The Labute approximate surface area is 178 Å². The number of hydrogen-bond donors (Lipinski definition) is 1. The van der Waals surface area contributed by atoms with Crippen molar-refractivity contribution < 1.29 is 23.0 Å². The highest BCUT2D eigenvalue weighted by Gasteiger charge is 2.20. The summed E-state index contributed by atoms with van der Waals surface area (Å²) in [6.07, 6.45) is 3.34. The predicted octanol–water partition coefficient (Wildman–Crippen LogP) is 4.33. The lowest BCUT2D eigenvalue weighted by atomic mass is 10.1. The van der Waals surface area contributed by atoms with Gasteiger partial charge in [-0.3, -0.25) is 9.78 Å². The molecule has 1 aromatic heterocycles. The number of halogens is 2. The lowest BCUT2D eigenvalue weighted by Gasteiger charge is -2.15. The van der Waals surface area contributed by atoms with Crippen molar-refractivity contribution in [2.24, 2.45) is 0 Å². The molecule has 3 rings (SSSR count). The van der Waals surface area contributed by atoms with E-state index in [-0.39, 0.29) is 17.7 Å². The molecule has 6 nitrogen and oxygen atoms in total. The third-order valence-corrected chi connectivity index (χ3v) is 4.30. The summed E-state index contributed by atoms with van der Waals surface area (Å²) in [6, 6.07) is 11.6. The second-order valence-corrected chi connectivity index (χ2v) is 6.45. The first-order valence-electron chi connectivity index (χ1n) is 9.45. The van der Waals surface area contributed by atoms with Crippen LogP contribution in [0.5, 0.6) is 11.5 Å². The summed E-state index contributed by atoms with van der Waals surface area (Å²) < 4.78 is 38.5. The molecule has 0 saturated heterocycles. The van der Waals surface area contributed by atoms with Crippen LogP contribution in [0.15, 0.2) is 60.9 Å². The fourth-order valence-electron chi connectivity index (χ4n) is 2.81. The molecule has 1 unspecified atom stereocenters. The topological polar surface area (TPSA) is 84.2 Å². The number of carbonyl (C=O) groups is 1. The van der Waals surface area contributed by atoms with Crippen molar-refractivity contribution >= 4 is 5.91 Å². The fourth-order valence-corrected chi connectivity index (χ4v) is 2.81. The van der Waals surface area contributed by atoms with Crippen molar-refractivity contribution in [1.29, 1.82) is 5.26 Å². The standard InChI is InChI=1S/C23H19F2N3O3/c1-2-30-22-10-16(5-8-21(22)31-14-15-4-3-9-27-13-15)23(29)28-20(12-26)18-7-6-17(24)11-19(18)25/h3-11,13,20H,2,14H2,1H3,(H,28,29). The highest BCUT2D eigenvalue weighted by atomic mass is 19.1. The van der Waals surface area contributed by atoms with Gasteiger partial charge in [0.1, 0.15) is 24.3 Å². The first kappa shape index (κ1) is 21.7. The zero-order chi connectivity index (χ0) is 22.2. The molecule has 1 amide bonds. The minimum absolute atomic E-state index is 0.126. The van der Waals surface area contributed by atoms with Crippen LogP contribution in [0.4, 0.5) is 8.78 Å². The summed E-state index contributed by atoms with van der Waals surface area (Å²) in [5.41, 5.74) is 0.934. The molecular formula is C23H19F2N3O3. The van der Waals surface area contributed by atoms with Crippen LogP contribution in [0.1, 0.15) is 34.5 Å². The summed E-state index contributed by atoms with van der Waals surface area (Å²) >= 11 is 0. The van der Waals surface area contributed by atoms with Gasteiger partial charge in [0, 0.05) is 35.2 Å². The van der Waals surface area contributed by atoms with Gasteiger partial charge in [0.25, 0.3) is 5.91 Å². The molecule has 1 N–H and O–H groups in total. The molecule has 0 fully saturated rings. The zero-order valence-electron chi connectivity index (χ0n) is 16.6. The van der Waals surface area contributed by atoms with E-state index in [1.165, 1.54) is 12.1 Å². The summed E-state index contributed by atoms with van der Waals surface area (Å²) in [7, 11) is 0. The lowest BCUT2D eigenvalue weighted by molar-refractivity contribution is 0.0944. The second-order valence-electron chi connectivity index (χ2n) is 6.45. The second kappa shape index (κ2) is 10.2. The number of aromatic nitrogens is 1. The van der Waals surface area contributed by atoms with Gasteiger partial charge in [-0.25, -0.2) is 8.78 Å². The van der Waals surface area contributed by atoms with Gasteiger partial charge in [0.05, 0.1) is 12.7 Å². The highest BCUT2D eigenvalue weighted by molar-refractivity contribution is 5.95. The van der Waals surface area contributed by atoms with E-state index in [2.05, 4.69) is 10.3 Å². The van der Waals surface area contributed by atoms with Crippen molar-refractivity contribution in [3.05, 3.63) is 89.2 Å². The van der Waals surface area contributed by atoms with Gasteiger partial charge in [-0.2, -0.15) is 5.26 Å². The minimum atomic E-state index is -1.29. The van der Waals surface area contributed by atoms with E-state index < -0.39 is 23.6 Å². The van der Waals surface area contributed by atoms with Gasteiger partial charge < -0.3 is 14.8 Å². The van der Waals surface area contributed by atoms with Crippen molar-refractivity contribution in [1.82, 2.24) is 10.3 Å². The number of nitrogens with one attached hydrogen (secondary N) is 1. The van der Waals surface area contributed by atoms with E-state index in [4.69, 9.17) is 9.47 Å². The number of pyridine rings is 1. The van der Waals surface area contributed by atoms with E-state index in [1.807, 2.05) is 12.1 Å². The normalized spacial score (nSPS) is 11.3. The average molecular weight is 423 g/mol. The number of nitrogens with zero attached hydrogens (tertiary/aromatic N) is 2. The number of nitriles is 1. The number of ether oxygens (including phenoxy) is 2. The molecule has 8 heteroatoms. The highest BCUT2D eigenvalue weighted by Crippen LogP contribution is 2.29. The number of benzene rings is 2. The summed E-state index contributed by atoms with van der Waals surface area (Å²) in [4.78, 5) is 16.7. The van der Waals surface area contributed by atoms with Crippen molar-refractivity contribution in [2.45, 2.75) is 19.6 Å². The molecule has 0 aliphatic rings. The Morgan fingerprint density at radius 2 is 2.00 bits per heavy atom. The van der Waals surface area contributed by atoms with Crippen molar-refractivity contribution in [3.63, 3.8) is 0 Å². The molecule has 2 aromatic carbocycles. The van der Waals surface area contributed by atoms with Crippen LogP contribution in [-0.4, -0.2) is 17.5 Å². The van der Waals surface area contributed by atoms with Crippen LogP contribution < -0.4 is 14.8 Å². The molecule has 1 atom stereocenters. The summed E-state index contributed by atoms with van der Waals surface area (Å²) in [6.45, 7) is 2.40. The maximum Gasteiger partial charge on any atom is 0.252 e. The van der Waals surface area contributed by atoms with E-state index >= 15 is 0 Å². The lowest BCUT2D eigenvalue weighted by Crippen LogP contribution is -2.28. The van der Waals surface area contributed by atoms with Crippen LogP contribution >= 0.6 is 0 Å². The van der Waals surface area contributed by atoms with Crippen LogP contribution in [0.25, 0.3) is 0 Å². The average Bonchev–Trinajstić information content (AvgIpc) is 2.77. The third kappa shape index (κ3) is 5.54. The Morgan fingerprint density at radius 1 is 1.16 bits per heavy atom. The number of carbonyl (C=O) groups excluding carboxylic acids is 1. The maximum atomic E-state index is 14.0. The van der Waals surface area contributed by atoms with Crippen molar-refractivity contribution in [3.8, 4) is 17.6 Å². The fraction of sp³-hybridized carbons (Fsp3) is 0.174. The Balaban J connectivity index is 1.77. The molecule has 0 saturated carbocycles. The number of amides is 1. The predicted molar refractivity (Wildman–Crippen MR) is 108 cm³/mol. The van der Waals surface area contributed by atoms with Gasteiger partial charge in [-0.1, -0.05) is 12.1 Å². The molecule has 0 aliphatic carbocycles. The van der Waals surface area contributed by atoms with E-state index in [0.29, 0.717) is 24.2 Å². The minimum Gasteiger partial charge on any atom is -0.490 e. The van der Waals surface area contributed by atoms with Crippen LogP contribution in [0, 0.1) is 23.0 Å². The molecule has 0 radical (unpaired) electrons. The Kier molecular flexibility index (Phi) is 7.12. The smallest absolute Gasteiger partial charge is 0.252 e. The van der Waals surface area contributed by atoms with Gasteiger partial charge in [0.2, 0.25) is 0 Å². The van der Waals surface area contributed by atoms with Crippen molar-refractivity contribution in [2.75, 3.05) is 6.61 Å². The molecule has 0 aliphatic heterocycles. The Hall–Kier alpha value is -3.99. The van der Waals surface area contributed by atoms with Crippen LogP contribution in [0.3, 0.4) is 0 Å². The van der Waals surface area contributed by atoms with Gasteiger partial charge >= 0.3 is 0 Å². The monoisotopic (exact) mass is 423 g/mol. The number of rotatable bonds is 8. The molecular weight excluding hydrogens is 404 g/mol. The van der Waals surface area contributed by atoms with E-state index in [9.17, 15) is 18.8 Å². The zero-order valence-corrected chi connectivity index (χ0v) is 16.6. The SMILES string of the molecule is CCOc1cc(C(=O)NC(C#N)c2ccc(F)cc2F)ccc1OCc1cccnc1. The molecule has 3 aromatic rings. The molecule has 1 heterocycles. The molecule has 158 valence electrons. The van der Waals surface area contributed by atoms with E-state index in [1.54, 1.807) is 31.5 Å². The van der Waals surface area contributed by atoms with Gasteiger partial charge in [-0.05, 0) is 37.3 Å². The van der Waals surface area contributed by atoms with Crippen LogP contribution in [0.2, 0.25) is 0 Å². The molecule has 0 bridgehead atoms. The van der Waals surface area contributed by atoms with E-state index in [0.717, 1.165) is 17.7 Å². The Bertz CT molecular complexity index is 1100. The third-order valence-electron chi connectivity index (χ3n) is 4.30. The first-order valence-corrected chi connectivity index (χ1v) is 9.45. The largest absolute Gasteiger partial charge is 0.490 e. The van der Waals surface area contributed by atoms with Crippen LogP contribution in [-0.2, 0) is 6.61 Å². The number of hydrogen-bond acceptors (Lipinski definition) is 5. The molecule has 0 spiro atoms. The maximum absolute atomic E-state index is 14.0. The van der Waals surface area contributed by atoms with Gasteiger partial charge in [0.15, 0.2) is 11.5 Å². The Morgan fingerprint density at radius 3 is 2.68 bits per heavy atom.